The van der Waals surface area contributed by atoms with E-state index < -0.39 is 0 Å². The highest BCUT2D eigenvalue weighted by Gasteiger charge is 2.10. The molecule has 1 unspecified atom stereocenters. The first-order chi connectivity index (χ1) is 5.33. The van der Waals surface area contributed by atoms with Gasteiger partial charge in [0.1, 0.15) is 0 Å². The monoisotopic (exact) mass is 153 g/mol. The number of hydrogen-bond acceptors (Lipinski definition) is 1. The summed E-state index contributed by atoms with van der Waals surface area (Å²) < 4.78 is 0. The zero-order valence-electron chi connectivity index (χ0n) is 7.55. The van der Waals surface area contributed by atoms with Crippen molar-refractivity contribution in [2.45, 2.75) is 26.2 Å². The molecule has 1 heterocycles. The molecule has 11 heavy (non-hydrogen) atoms. The van der Waals surface area contributed by atoms with E-state index in [-0.39, 0.29) is 0 Å². The molecular weight excluding hydrogens is 134 g/mol. The third kappa shape index (κ3) is 3.06. The number of allylic oxidation sites excluding steroid dienone is 1. The van der Waals surface area contributed by atoms with Gasteiger partial charge in [-0.15, -0.1) is 6.58 Å². The van der Waals surface area contributed by atoms with Crippen LogP contribution in [0.5, 0.6) is 0 Å². The van der Waals surface area contributed by atoms with Crippen molar-refractivity contribution in [2.75, 3.05) is 19.6 Å². The highest BCUT2D eigenvalue weighted by atomic mass is 15.1. The van der Waals surface area contributed by atoms with Crippen LogP contribution in [0.15, 0.2) is 12.7 Å². The highest BCUT2D eigenvalue weighted by Crippen LogP contribution is 2.10. The maximum absolute atomic E-state index is 3.79. The molecule has 0 amide bonds. The first-order valence-electron chi connectivity index (χ1n) is 4.68. The number of nitrogens with zero attached hydrogens (tertiary/aromatic N) is 1. The van der Waals surface area contributed by atoms with Gasteiger partial charge < -0.3 is 4.90 Å². The van der Waals surface area contributed by atoms with Crippen LogP contribution < -0.4 is 0 Å². The van der Waals surface area contributed by atoms with Crippen LogP contribution in [-0.4, -0.2) is 24.5 Å². The van der Waals surface area contributed by atoms with Crippen LogP contribution in [0.2, 0.25) is 0 Å². The molecule has 0 aromatic carbocycles. The van der Waals surface area contributed by atoms with Gasteiger partial charge in [0.25, 0.3) is 0 Å². The first-order valence-corrected chi connectivity index (χ1v) is 4.68. The molecule has 0 aliphatic carbocycles. The molecule has 1 aliphatic heterocycles. The van der Waals surface area contributed by atoms with E-state index in [1.165, 1.54) is 38.9 Å². The number of likely N-dealkylation sites (tertiary alicyclic amines) is 1. The van der Waals surface area contributed by atoms with Gasteiger partial charge in [-0.05, 0) is 44.8 Å². The van der Waals surface area contributed by atoms with Gasteiger partial charge >= 0.3 is 0 Å². The second kappa shape index (κ2) is 4.55. The molecule has 1 heteroatoms. The molecule has 1 fully saturated rings. The van der Waals surface area contributed by atoms with Crippen molar-refractivity contribution in [1.82, 2.24) is 4.90 Å². The summed E-state index contributed by atoms with van der Waals surface area (Å²) in [6.07, 6.45) is 6.14. The van der Waals surface area contributed by atoms with Crippen molar-refractivity contribution in [3.63, 3.8) is 0 Å². The normalized spacial score (nSPS) is 21.9. The van der Waals surface area contributed by atoms with E-state index in [4.69, 9.17) is 0 Å². The predicted molar refractivity (Wildman–Crippen MR) is 49.7 cm³/mol. The summed E-state index contributed by atoms with van der Waals surface area (Å²) in [6, 6.07) is 0. The number of rotatable bonds is 4. The summed E-state index contributed by atoms with van der Waals surface area (Å²) in [5.74, 6) is 0.690. The van der Waals surface area contributed by atoms with E-state index in [2.05, 4.69) is 24.5 Å². The Hall–Kier alpha value is -0.300. The smallest absolute Gasteiger partial charge is 0.00132 e. The third-order valence-electron chi connectivity index (χ3n) is 2.50. The summed E-state index contributed by atoms with van der Waals surface area (Å²) in [5.41, 5.74) is 0. The van der Waals surface area contributed by atoms with E-state index in [1.807, 2.05) is 0 Å². The molecule has 0 radical (unpaired) electrons. The fourth-order valence-corrected chi connectivity index (χ4v) is 1.51. The summed E-state index contributed by atoms with van der Waals surface area (Å²) in [4.78, 5) is 2.56. The second-order valence-corrected chi connectivity index (χ2v) is 3.55. The SMILES string of the molecule is C=CC(C)CCN1CCCC1. The third-order valence-corrected chi connectivity index (χ3v) is 2.50. The molecule has 1 saturated heterocycles. The summed E-state index contributed by atoms with van der Waals surface area (Å²) in [6.45, 7) is 9.94. The molecular formula is C10H19N. The van der Waals surface area contributed by atoms with Gasteiger partial charge in [-0.1, -0.05) is 13.0 Å². The summed E-state index contributed by atoms with van der Waals surface area (Å²) in [7, 11) is 0. The second-order valence-electron chi connectivity index (χ2n) is 3.55. The molecule has 64 valence electrons. The Labute approximate surface area is 70.1 Å². The minimum absolute atomic E-state index is 0.690. The highest BCUT2D eigenvalue weighted by molar-refractivity contribution is 4.76. The summed E-state index contributed by atoms with van der Waals surface area (Å²) in [5, 5.41) is 0. The van der Waals surface area contributed by atoms with Gasteiger partial charge in [-0.2, -0.15) is 0 Å². The van der Waals surface area contributed by atoms with Crippen molar-refractivity contribution in [3.05, 3.63) is 12.7 Å². The van der Waals surface area contributed by atoms with Crippen LogP contribution in [0.1, 0.15) is 26.2 Å². The largest absolute Gasteiger partial charge is 0.303 e. The lowest BCUT2D eigenvalue weighted by Gasteiger charge is -2.15. The lowest BCUT2D eigenvalue weighted by molar-refractivity contribution is 0.320. The van der Waals surface area contributed by atoms with Crippen molar-refractivity contribution >= 4 is 0 Å². The fraction of sp³-hybridized carbons (Fsp3) is 0.800. The Bertz CT molecular complexity index is 114. The van der Waals surface area contributed by atoms with E-state index >= 15 is 0 Å². The zero-order valence-corrected chi connectivity index (χ0v) is 7.55. The zero-order chi connectivity index (χ0) is 8.10. The van der Waals surface area contributed by atoms with E-state index in [9.17, 15) is 0 Å². The molecule has 1 nitrogen and oxygen atoms in total. The van der Waals surface area contributed by atoms with Crippen molar-refractivity contribution in [2.24, 2.45) is 5.92 Å². The molecule has 1 rings (SSSR count). The van der Waals surface area contributed by atoms with E-state index in [0.29, 0.717) is 5.92 Å². The predicted octanol–water partition coefficient (Wildman–Crippen LogP) is 2.29. The minimum atomic E-state index is 0.690. The van der Waals surface area contributed by atoms with Crippen LogP contribution in [0, 0.1) is 5.92 Å². The van der Waals surface area contributed by atoms with Crippen LogP contribution in [0.25, 0.3) is 0 Å². The topological polar surface area (TPSA) is 3.24 Å². The molecule has 0 N–H and O–H groups in total. The van der Waals surface area contributed by atoms with Crippen molar-refractivity contribution < 1.29 is 0 Å². The molecule has 0 spiro atoms. The Balaban J connectivity index is 2.06. The van der Waals surface area contributed by atoms with Gasteiger partial charge in [0.2, 0.25) is 0 Å². The van der Waals surface area contributed by atoms with Gasteiger partial charge in [0, 0.05) is 0 Å². The van der Waals surface area contributed by atoms with E-state index in [0.717, 1.165) is 0 Å². The van der Waals surface area contributed by atoms with Crippen LogP contribution in [-0.2, 0) is 0 Å². The van der Waals surface area contributed by atoms with Gasteiger partial charge in [-0.3, -0.25) is 0 Å². The lowest BCUT2D eigenvalue weighted by Crippen LogP contribution is -2.21. The molecule has 0 aromatic rings. The maximum Gasteiger partial charge on any atom is -0.00132 e. The average Bonchev–Trinajstić information content (AvgIpc) is 2.52. The van der Waals surface area contributed by atoms with Gasteiger partial charge in [0.05, 0.1) is 0 Å². The molecule has 0 aromatic heterocycles. The first kappa shape index (κ1) is 8.79. The van der Waals surface area contributed by atoms with Gasteiger partial charge in [-0.25, -0.2) is 0 Å². The molecule has 0 bridgehead atoms. The summed E-state index contributed by atoms with van der Waals surface area (Å²) >= 11 is 0. The Morgan fingerprint density at radius 1 is 1.45 bits per heavy atom. The molecule has 1 atom stereocenters. The Morgan fingerprint density at radius 2 is 2.09 bits per heavy atom. The maximum atomic E-state index is 3.79. The van der Waals surface area contributed by atoms with Crippen molar-refractivity contribution in [1.29, 1.82) is 0 Å². The standard InChI is InChI=1S/C10H19N/c1-3-10(2)6-9-11-7-4-5-8-11/h3,10H,1,4-9H2,2H3. The average molecular weight is 153 g/mol. The van der Waals surface area contributed by atoms with Crippen LogP contribution in [0.3, 0.4) is 0 Å². The van der Waals surface area contributed by atoms with Crippen LogP contribution >= 0.6 is 0 Å². The van der Waals surface area contributed by atoms with Gasteiger partial charge in [0.15, 0.2) is 0 Å². The lowest BCUT2D eigenvalue weighted by atomic mass is 10.1. The Morgan fingerprint density at radius 3 is 2.64 bits per heavy atom. The van der Waals surface area contributed by atoms with Crippen molar-refractivity contribution in [3.8, 4) is 0 Å². The fourth-order valence-electron chi connectivity index (χ4n) is 1.51. The minimum Gasteiger partial charge on any atom is -0.303 e. The van der Waals surface area contributed by atoms with Crippen LogP contribution in [0.4, 0.5) is 0 Å². The molecule has 1 aliphatic rings. The quantitative estimate of drug-likeness (QED) is 0.560. The Kier molecular flexibility index (Phi) is 3.64. The van der Waals surface area contributed by atoms with E-state index in [1.54, 1.807) is 0 Å². The molecule has 0 saturated carbocycles. The number of hydrogen-bond donors (Lipinski definition) is 0.